The van der Waals surface area contributed by atoms with Gasteiger partial charge in [-0.3, -0.25) is 4.79 Å². The summed E-state index contributed by atoms with van der Waals surface area (Å²) in [5.74, 6) is 6.63. The Morgan fingerprint density at radius 1 is 1.18 bits per heavy atom. The zero-order valence-electron chi connectivity index (χ0n) is 17.3. The Labute approximate surface area is 169 Å². The van der Waals surface area contributed by atoms with Crippen LogP contribution in [0.2, 0.25) is 0 Å². The van der Waals surface area contributed by atoms with E-state index in [1.54, 1.807) is 11.1 Å². The molecule has 1 spiro atoms. The van der Waals surface area contributed by atoms with Crippen molar-refractivity contribution in [2.45, 2.75) is 76.7 Å². The standard InChI is InChI=1S/C26H34O2/c1-2-25-10-8-19-18-7-6-17(27)12-16(18)13-20(15-4-5-15)23(19)24(25)21-14-22(21)26(25)9-3-11-28-26/h3,9,15,19-24H,2,4-8,10-14H2,1H3/t19-,20+,21-,22+,23+,24+,25+,26+/m1/s1. The van der Waals surface area contributed by atoms with Crippen LogP contribution < -0.4 is 0 Å². The summed E-state index contributed by atoms with van der Waals surface area (Å²) in [7, 11) is 0. The fourth-order valence-corrected chi connectivity index (χ4v) is 9.64. The van der Waals surface area contributed by atoms with Crippen molar-refractivity contribution in [1.29, 1.82) is 0 Å². The van der Waals surface area contributed by atoms with Gasteiger partial charge in [0.25, 0.3) is 0 Å². The number of allylic oxidation sites excluding steroid dienone is 2. The lowest BCUT2D eigenvalue weighted by molar-refractivity contribution is -0.142. The molecule has 2 nitrogen and oxygen atoms in total. The molecular formula is C26H34O2. The summed E-state index contributed by atoms with van der Waals surface area (Å²) >= 11 is 0. The molecule has 4 saturated carbocycles. The first-order valence-electron chi connectivity index (χ1n) is 12.2. The molecule has 0 saturated heterocycles. The quantitative estimate of drug-likeness (QED) is 0.595. The van der Waals surface area contributed by atoms with Gasteiger partial charge in [-0.2, -0.15) is 0 Å². The molecular weight excluding hydrogens is 344 g/mol. The molecule has 0 aromatic carbocycles. The third-order valence-electron chi connectivity index (χ3n) is 10.7. The summed E-state index contributed by atoms with van der Waals surface area (Å²) in [6, 6.07) is 0. The largest absolute Gasteiger partial charge is 0.366 e. The fourth-order valence-electron chi connectivity index (χ4n) is 9.64. The van der Waals surface area contributed by atoms with Crippen molar-refractivity contribution in [1.82, 2.24) is 0 Å². The average molecular weight is 379 g/mol. The molecule has 2 heteroatoms. The fraction of sp³-hybridized carbons (Fsp3) is 0.808. The average Bonchev–Trinajstić information content (AvgIpc) is 3.64. The van der Waals surface area contributed by atoms with Crippen LogP contribution in [0.4, 0.5) is 0 Å². The summed E-state index contributed by atoms with van der Waals surface area (Å²) in [6.45, 7) is 3.31. The molecule has 0 unspecified atom stereocenters. The van der Waals surface area contributed by atoms with E-state index in [0.717, 1.165) is 67.3 Å². The molecule has 6 aliphatic carbocycles. The number of carbonyl (C=O) groups is 1. The van der Waals surface area contributed by atoms with Crippen LogP contribution in [0.1, 0.15) is 71.1 Å². The van der Waals surface area contributed by atoms with E-state index < -0.39 is 0 Å². The molecule has 0 N–H and O–H groups in total. The Kier molecular flexibility index (Phi) is 3.26. The SMILES string of the molecule is CC[C@]12CC[C@@H]3C4=C(CC(=O)CC4)C[C@@H](C4CC4)[C@H]3[C@@H]1[C@@H]1C[C@@H]1[C@@]21C=CCO1. The zero-order chi connectivity index (χ0) is 18.7. The predicted octanol–water partition coefficient (Wildman–Crippen LogP) is 5.48. The maximum absolute atomic E-state index is 12.2. The first-order chi connectivity index (χ1) is 13.7. The van der Waals surface area contributed by atoms with Gasteiger partial charge in [-0.1, -0.05) is 30.2 Å². The molecule has 0 bridgehead atoms. The first kappa shape index (κ1) is 16.9. The Hall–Kier alpha value is -0.890. The normalized spacial score (nSPS) is 53.8. The zero-order valence-corrected chi connectivity index (χ0v) is 17.3. The lowest BCUT2D eigenvalue weighted by Gasteiger charge is -2.59. The number of rotatable bonds is 2. The third-order valence-corrected chi connectivity index (χ3v) is 10.7. The maximum atomic E-state index is 12.2. The van der Waals surface area contributed by atoms with E-state index in [1.165, 1.54) is 44.9 Å². The van der Waals surface area contributed by atoms with Gasteiger partial charge < -0.3 is 4.74 Å². The van der Waals surface area contributed by atoms with Gasteiger partial charge in [0, 0.05) is 18.3 Å². The number of ketones is 1. The van der Waals surface area contributed by atoms with Crippen LogP contribution >= 0.6 is 0 Å². The number of Topliss-reactive ketones (excluding diaryl/α,β-unsaturated/α-hetero) is 1. The van der Waals surface area contributed by atoms with E-state index in [0.29, 0.717) is 11.2 Å². The number of hydrogen-bond acceptors (Lipinski definition) is 2. The van der Waals surface area contributed by atoms with E-state index in [2.05, 4.69) is 19.1 Å². The second kappa shape index (κ2) is 5.42. The highest BCUT2D eigenvalue weighted by Crippen LogP contribution is 2.79. The Morgan fingerprint density at radius 2 is 2.07 bits per heavy atom. The highest BCUT2D eigenvalue weighted by Gasteiger charge is 2.78. The van der Waals surface area contributed by atoms with Gasteiger partial charge in [0.05, 0.1) is 12.2 Å². The van der Waals surface area contributed by atoms with E-state index >= 15 is 0 Å². The van der Waals surface area contributed by atoms with Gasteiger partial charge in [0.15, 0.2) is 0 Å². The third kappa shape index (κ3) is 1.88. The van der Waals surface area contributed by atoms with Crippen LogP contribution in [0.25, 0.3) is 0 Å². The van der Waals surface area contributed by atoms with E-state index in [-0.39, 0.29) is 5.60 Å². The molecule has 150 valence electrons. The molecule has 4 fully saturated rings. The molecule has 0 amide bonds. The highest BCUT2D eigenvalue weighted by atomic mass is 16.5. The van der Waals surface area contributed by atoms with Gasteiger partial charge >= 0.3 is 0 Å². The van der Waals surface area contributed by atoms with Gasteiger partial charge in [-0.05, 0) is 92.8 Å². The minimum atomic E-state index is 0.0767. The molecule has 28 heavy (non-hydrogen) atoms. The Balaban J connectivity index is 1.35. The summed E-state index contributed by atoms with van der Waals surface area (Å²) < 4.78 is 6.66. The van der Waals surface area contributed by atoms with Gasteiger partial charge in [0.2, 0.25) is 0 Å². The lowest BCUT2D eigenvalue weighted by Crippen LogP contribution is -2.56. The van der Waals surface area contributed by atoms with Gasteiger partial charge in [0.1, 0.15) is 5.78 Å². The summed E-state index contributed by atoms with van der Waals surface area (Å²) in [5.41, 5.74) is 3.85. The molecule has 1 aliphatic heterocycles. The second-order valence-corrected chi connectivity index (χ2v) is 11.3. The smallest absolute Gasteiger partial charge is 0.137 e. The van der Waals surface area contributed by atoms with E-state index in [1.807, 2.05) is 0 Å². The maximum Gasteiger partial charge on any atom is 0.137 e. The number of ether oxygens (including phenoxy) is 1. The molecule has 7 rings (SSSR count). The first-order valence-corrected chi connectivity index (χ1v) is 12.2. The van der Waals surface area contributed by atoms with E-state index in [4.69, 9.17) is 4.74 Å². The summed E-state index contributed by atoms with van der Waals surface area (Å²) in [4.78, 5) is 12.2. The van der Waals surface area contributed by atoms with Gasteiger partial charge in [-0.25, -0.2) is 0 Å². The van der Waals surface area contributed by atoms with Crippen LogP contribution in [-0.2, 0) is 9.53 Å². The second-order valence-electron chi connectivity index (χ2n) is 11.3. The summed E-state index contributed by atoms with van der Waals surface area (Å²) in [5, 5.41) is 0. The monoisotopic (exact) mass is 378 g/mol. The van der Waals surface area contributed by atoms with Crippen molar-refractivity contribution in [3.05, 3.63) is 23.3 Å². The van der Waals surface area contributed by atoms with Crippen molar-refractivity contribution >= 4 is 5.78 Å². The molecule has 8 atom stereocenters. The minimum Gasteiger partial charge on any atom is -0.366 e. The molecule has 7 aliphatic rings. The molecule has 0 aromatic rings. The van der Waals surface area contributed by atoms with Crippen LogP contribution in [0.5, 0.6) is 0 Å². The van der Waals surface area contributed by atoms with E-state index in [9.17, 15) is 4.79 Å². The number of fused-ring (bicyclic) bond motifs is 8. The van der Waals surface area contributed by atoms with Crippen LogP contribution in [0.15, 0.2) is 23.3 Å². The lowest BCUT2D eigenvalue weighted by atomic mass is 9.47. The Bertz CT molecular complexity index is 803. The Morgan fingerprint density at radius 3 is 2.82 bits per heavy atom. The molecule has 0 radical (unpaired) electrons. The van der Waals surface area contributed by atoms with Crippen molar-refractivity contribution in [2.75, 3.05) is 6.61 Å². The van der Waals surface area contributed by atoms with Crippen LogP contribution in [0, 0.1) is 46.8 Å². The molecule has 0 aromatic heterocycles. The number of carbonyl (C=O) groups excluding carboxylic acids is 1. The van der Waals surface area contributed by atoms with Crippen LogP contribution in [0.3, 0.4) is 0 Å². The van der Waals surface area contributed by atoms with Crippen molar-refractivity contribution in [3.8, 4) is 0 Å². The molecule has 1 heterocycles. The summed E-state index contributed by atoms with van der Waals surface area (Å²) in [6.07, 6.45) is 17.2. The predicted molar refractivity (Wildman–Crippen MR) is 109 cm³/mol. The van der Waals surface area contributed by atoms with Gasteiger partial charge in [-0.15, -0.1) is 0 Å². The number of hydrogen-bond donors (Lipinski definition) is 0. The highest BCUT2D eigenvalue weighted by molar-refractivity contribution is 5.82. The van der Waals surface area contributed by atoms with Crippen LogP contribution in [-0.4, -0.2) is 18.0 Å². The topological polar surface area (TPSA) is 26.3 Å². The van der Waals surface area contributed by atoms with Crippen molar-refractivity contribution in [3.63, 3.8) is 0 Å². The van der Waals surface area contributed by atoms with Crippen molar-refractivity contribution in [2.24, 2.45) is 46.8 Å². The van der Waals surface area contributed by atoms with Crippen molar-refractivity contribution < 1.29 is 9.53 Å². The minimum absolute atomic E-state index is 0.0767.